The fraction of sp³-hybridized carbons (Fsp3) is 0.423. The van der Waals surface area contributed by atoms with Gasteiger partial charge in [0, 0.05) is 30.3 Å². The van der Waals surface area contributed by atoms with Crippen molar-refractivity contribution in [2.45, 2.75) is 51.5 Å². The van der Waals surface area contributed by atoms with Crippen LogP contribution in [0.1, 0.15) is 59.6 Å². The van der Waals surface area contributed by atoms with Crippen molar-refractivity contribution in [3.8, 4) is 5.69 Å². The van der Waals surface area contributed by atoms with Crippen molar-refractivity contribution in [3.05, 3.63) is 71.4 Å². The molecule has 1 fully saturated rings. The second kappa shape index (κ2) is 9.65. The molecule has 0 unspecified atom stereocenters. The Hall–Kier alpha value is -3.35. The zero-order valence-corrected chi connectivity index (χ0v) is 18.8. The van der Waals surface area contributed by atoms with Crippen molar-refractivity contribution in [2.75, 3.05) is 13.1 Å². The number of nitrogens with one attached hydrogen (secondary N) is 1. The molecule has 2 amide bonds. The van der Waals surface area contributed by atoms with Gasteiger partial charge in [-0.2, -0.15) is 5.10 Å². The second-order valence-electron chi connectivity index (χ2n) is 8.95. The Morgan fingerprint density at radius 1 is 1.00 bits per heavy atom. The maximum Gasteiger partial charge on any atom is 0.274 e. The standard InChI is InChI=1S/C26H30N4O3/c31-25(27-18-21-10-7-17-33-21)19-13-15-29(16-14-19)26(32)24-22-11-5-2-6-12-23(22)30(28-24)20-8-3-1-4-9-20/h1,3-4,7-10,17,19H,2,5-6,11-16,18H2,(H,27,31). The van der Waals surface area contributed by atoms with Gasteiger partial charge in [-0.3, -0.25) is 9.59 Å². The minimum atomic E-state index is -0.0806. The molecule has 33 heavy (non-hydrogen) atoms. The molecule has 0 spiro atoms. The third-order valence-corrected chi connectivity index (χ3v) is 6.80. The van der Waals surface area contributed by atoms with Crippen LogP contribution in [0.3, 0.4) is 0 Å². The summed E-state index contributed by atoms with van der Waals surface area (Å²) in [6, 6.07) is 13.7. The zero-order chi connectivity index (χ0) is 22.6. The van der Waals surface area contributed by atoms with Crippen LogP contribution < -0.4 is 5.32 Å². The molecule has 3 heterocycles. The number of hydrogen-bond donors (Lipinski definition) is 1. The molecule has 0 saturated carbocycles. The third kappa shape index (κ3) is 4.58. The maximum absolute atomic E-state index is 13.5. The van der Waals surface area contributed by atoms with Gasteiger partial charge in [0.25, 0.3) is 5.91 Å². The Kier molecular flexibility index (Phi) is 6.28. The molecule has 7 heteroatoms. The lowest BCUT2D eigenvalue weighted by atomic mass is 9.95. The molecular formula is C26H30N4O3. The van der Waals surface area contributed by atoms with Crippen molar-refractivity contribution in [2.24, 2.45) is 5.92 Å². The smallest absolute Gasteiger partial charge is 0.274 e. The normalized spacial score (nSPS) is 16.8. The summed E-state index contributed by atoms with van der Waals surface area (Å²) in [6.07, 6.45) is 8.16. The van der Waals surface area contributed by atoms with Gasteiger partial charge in [-0.05, 0) is 62.8 Å². The SMILES string of the molecule is O=C(NCc1ccco1)C1CCN(C(=O)c2nn(-c3ccccc3)c3c2CCCCC3)CC1. The van der Waals surface area contributed by atoms with Gasteiger partial charge in [0.05, 0.1) is 18.5 Å². The van der Waals surface area contributed by atoms with E-state index in [1.807, 2.05) is 52.0 Å². The van der Waals surface area contributed by atoms with E-state index in [1.54, 1.807) is 6.26 Å². The molecule has 1 aliphatic heterocycles. The molecule has 0 bridgehead atoms. The van der Waals surface area contributed by atoms with Crippen LogP contribution in [-0.2, 0) is 24.2 Å². The quantitative estimate of drug-likeness (QED) is 0.603. The van der Waals surface area contributed by atoms with E-state index in [1.165, 1.54) is 12.1 Å². The van der Waals surface area contributed by atoms with Crippen molar-refractivity contribution in [1.82, 2.24) is 20.0 Å². The van der Waals surface area contributed by atoms with Gasteiger partial charge < -0.3 is 14.6 Å². The summed E-state index contributed by atoms with van der Waals surface area (Å²) in [7, 11) is 0. The predicted octanol–water partition coefficient (Wildman–Crippen LogP) is 3.90. The van der Waals surface area contributed by atoms with Crippen LogP contribution in [-0.4, -0.2) is 39.6 Å². The minimum Gasteiger partial charge on any atom is -0.467 e. The molecule has 172 valence electrons. The molecule has 7 nitrogen and oxygen atoms in total. The number of nitrogens with zero attached hydrogens (tertiary/aromatic N) is 3. The highest BCUT2D eigenvalue weighted by Gasteiger charge is 2.32. The number of carbonyl (C=O) groups excluding carboxylic acids is 2. The molecule has 1 N–H and O–H groups in total. The van der Waals surface area contributed by atoms with Crippen LogP contribution in [0.4, 0.5) is 0 Å². The molecule has 1 saturated heterocycles. The largest absolute Gasteiger partial charge is 0.467 e. The highest BCUT2D eigenvalue weighted by molar-refractivity contribution is 5.94. The summed E-state index contributed by atoms with van der Waals surface area (Å²) in [4.78, 5) is 28.0. The number of benzene rings is 1. The number of amides is 2. The minimum absolute atomic E-state index is 0.00252. The predicted molar refractivity (Wildman–Crippen MR) is 124 cm³/mol. The number of aromatic nitrogens is 2. The summed E-state index contributed by atoms with van der Waals surface area (Å²) < 4.78 is 7.26. The molecule has 2 aromatic heterocycles. The highest BCUT2D eigenvalue weighted by Crippen LogP contribution is 2.28. The van der Waals surface area contributed by atoms with E-state index in [-0.39, 0.29) is 17.7 Å². The molecule has 3 aromatic rings. The zero-order valence-electron chi connectivity index (χ0n) is 18.8. The van der Waals surface area contributed by atoms with E-state index in [9.17, 15) is 9.59 Å². The Morgan fingerprint density at radius 2 is 1.79 bits per heavy atom. The van der Waals surface area contributed by atoms with Crippen LogP contribution in [0, 0.1) is 5.92 Å². The van der Waals surface area contributed by atoms with E-state index in [0.717, 1.165) is 42.7 Å². The molecule has 1 aliphatic carbocycles. The molecule has 5 rings (SSSR count). The first-order valence-corrected chi connectivity index (χ1v) is 12.0. The maximum atomic E-state index is 13.5. The number of likely N-dealkylation sites (tertiary alicyclic amines) is 1. The summed E-state index contributed by atoms with van der Waals surface area (Å²) in [6.45, 7) is 1.54. The highest BCUT2D eigenvalue weighted by atomic mass is 16.3. The molecule has 0 radical (unpaired) electrons. The van der Waals surface area contributed by atoms with E-state index in [0.29, 0.717) is 38.2 Å². The fourth-order valence-electron chi connectivity index (χ4n) is 4.96. The van der Waals surface area contributed by atoms with Gasteiger partial charge in [-0.15, -0.1) is 0 Å². The van der Waals surface area contributed by atoms with Gasteiger partial charge in [-0.25, -0.2) is 4.68 Å². The number of hydrogen-bond acceptors (Lipinski definition) is 4. The summed E-state index contributed by atoms with van der Waals surface area (Å²) in [5.74, 6) is 0.687. The third-order valence-electron chi connectivity index (χ3n) is 6.80. The fourth-order valence-corrected chi connectivity index (χ4v) is 4.96. The molecular weight excluding hydrogens is 416 g/mol. The topological polar surface area (TPSA) is 80.4 Å². The van der Waals surface area contributed by atoms with Crippen LogP contribution in [0.25, 0.3) is 5.69 Å². The number of rotatable bonds is 5. The number of furan rings is 1. The Balaban J connectivity index is 1.28. The van der Waals surface area contributed by atoms with Crippen LogP contribution >= 0.6 is 0 Å². The number of carbonyl (C=O) groups is 2. The lowest BCUT2D eigenvalue weighted by molar-refractivity contribution is -0.126. The first kappa shape index (κ1) is 21.5. The molecule has 2 aliphatic rings. The van der Waals surface area contributed by atoms with E-state index < -0.39 is 0 Å². The first-order chi connectivity index (χ1) is 16.2. The van der Waals surface area contributed by atoms with E-state index in [4.69, 9.17) is 9.52 Å². The van der Waals surface area contributed by atoms with Gasteiger partial charge in [-0.1, -0.05) is 24.6 Å². The monoisotopic (exact) mass is 446 g/mol. The average Bonchev–Trinajstić information content (AvgIpc) is 3.44. The van der Waals surface area contributed by atoms with Crippen LogP contribution in [0.5, 0.6) is 0 Å². The lowest BCUT2D eigenvalue weighted by Gasteiger charge is -2.31. The Bertz CT molecular complexity index is 1100. The number of piperidine rings is 1. The summed E-state index contributed by atoms with van der Waals surface area (Å²) in [5, 5.41) is 7.77. The van der Waals surface area contributed by atoms with Gasteiger partial charge in [0.2, 0.25) is 5.91 Å². The summed E-state index contributed by atoms with van der Waals surface area (Å²) >= 11 is 0. The van der Waals surface area contributed by atoms with Crippen molar-refractivity contribution in [1.29, 1.82) is 0 Å². The number of fused-ring (bicyclic) bond motifs is 1. The van der Waals surface area contributed by atoms with Crippen LogP contribution in [0.2, 0.25) is 0 Å². The van der Waals surface area contributed by atoms with Gasteiger partial charge >= 0.3 is 0 Å². The van der Waals surface area contributed by atoms with Gasteiger partial charge in [0.15, 0.2) is 5.69 Å². The number of para-hydroxylation sites is 1. The van der Waals surface area contributed by atoms with E-state index in [2.05, 4.69) is 5.32 Å². The Labute approximate surface area is 193 Å². The Morgan fingerprint density at radius 3 is 2.55 bits per heavy atom. The molecule has 1 aromatic carbocycles. The van der Waals surface area contributed by atoms with Crippen molar-refractivity contribution >= 4 is 11.8 Å². The summed E-state index contributed by atoms with van der Waals surface area (Å²) in [5.41, 5.74) is 3.88. The van der Waals surface area contributed by atoms with Crippen molar-refractivity contribution < 1.29 is 14.0 Å². The van der Waals surface area contributed by atoms with E-state index >= 15 is 0 Å². The lowest BCUT2D eigenvalue weighted by Crippen LogP contribution is -2.43. The van der Waals surface area contributed by atoms with Crippen molar-refractivity contribution in [3.63, 3.8) is 0 Å². The second-order valence-corrected chi connectivity index (χ2v) is 8.95. The first-order valence-electron chi connectivity index (χ1n) is 12.0. The average molecular weight is 447 g/mol. The van der Waals surface area contributed by atoms with Gasteiger partial charge in [0.1, 0.15) is 5.76 Å². The molecule has 0 atom stereocenters. The van der Waals surface area contributed by atoms with Crippen LogP contribution in [0.15, 0.2) is 53.1 Å².